The summed E-state index contributed by atoms with van der Waals surface area (Å²) >= 11 is 0. The molecule has 0 spiro atoms. The molecule has 2 N–H and O–H groups in total. The lowest BCUT2D eigenvalue weighted by Crippen LogP contribution is -2.24. The van der Waals surface area contributed by atoms with Gasteiger partial charge in [-0.15, -0.1) is 0 Å². The fourth-order valence-corrected chi connectivity index (χ4v) is 3.07. The highest BCUT2D eigenvalue weighted by atomic mass is 32.2. The lowest BCUT2D eigenvalue weighted by molar-refractivity contribution is 0.0660. The van der Waals surface area contributed by atoms with Crippen LogP contribution in [-0.4, -0.2) is 24.7 Å². The predicted molar refractivity (Wildman–Crippen MR) is 79.1 cm³/mol. The van der Waals surface area contributed by atoms with Crippen LogP contribution in [0.1, 0.15) is 22.0 Å². The molecule has 2 heterocycles. The molecule has 0 atom stereocenters. The van der Waals surface area contributed by atoms with Gasteiger partial charge in [0, 0.05) is 5.39 Å². The molecule has 8 nitrogen and oxygen atoms in total. The number of fused-ring (bicyclic) bond motifs is 1. The molecule has 0 aliphatic rings. The molecule has 120 valence electrons. The number of nitrogens with one attached hydrogen (secondary N) is 1. The van der Waals surface area contributed by atoms with Gasteiger partial charge in [-0.05, 0) is 24.3 Å². The van der Waals surface area contributed by atoms with Crippen LogP contribution in [-0.2, 0) is 22.3 Å². The van der Waals surface area contributed by atoms with Gasteiger partial charge in [0.1, 0.15) is 17.2 Å². The molecular formula is C14H12N2O6S. The van der Waals surface area contributed by atoms with Crippen molar-refractivity contribution in [1.29, 1.82) is 0 Å². The molecule has 23 heavy (non-hydrogen) atoms. The fourth-order valence-electron chi connectivity index (χ4n) is 2.04. The van der Waals surface area contributed by atoms with Crippen molar-refractivity contribution in [3.05, 3.63) is 53.6 Å². The van der Waals surface area contributed by atoms with Crippen LogP contribution in [0.25, 0.3) is 11.0 Å². The zero-order valence-corrected chi connectivity index (χ0v) is 12.5. The number of sulfonamides is 1. The van der Waals surface area contributed by atoms with Gasteiger partial charge in [0.25, 0.3) is 0 Å². The first kappa shape index (κ1) is 15.3. The first-order chi connectivity index (χ1) is 10.9. The Kier molecular flexibility index (Phi) is 3.89. The highest BCUT2D eigenvalue weighted by Crippen LogP contribution is 2.19. The van der Waals surface area contributed by atoms with Crippen molar-refractivity contribution in [3.63, 3.8) is 0 Å². The third-order valence-electron chi connectivity index (χ3n) is 3.12. The standard InChI is InChI=1S/C14H12N2O6S/c17-14(18)13-6-5-9(21-13)7-15-23(19,20)8-11-10-3-1-2-4-12(10)22-16-11/h1-6,15H,7-8H2,(H,17,18). The Morgan fingerprint density at radius 2 is 2.00 bits per heavy atom. The van der Waals surface area contributed by atoms with Crippen LogP contribution in [0.5, 0.6) is 0 Å². The van der Waals surface area contributed by atoms with Crippen LogP contribution >= 0.6 is 0 Å². The van der Waals surface area contributed by atoms with Gasteiger partial charge >= 0.3 is 5.97 Å². The van der Waals surface area contributed by atoms with E-state index in [0.717, 1.165) is 0 Å². The Morgan fingerprint density at radius 1 is 1.22 bits per heavy atom. The van der Waals surface area contributed by atoms with Crippen LogP contribution in [0.15, 0.2) is 45.3 Å². The highest BCUT2D eigenvalue weighted by Gasteiger charge is 2.18. The van der Waals surface area contributed by atoms with E-state index in [4.69, 9.17) is 14.0 Å². The van der Waals surface area contributed by atoms with E-state index < -0.39 is 16.0 Å². The summed E-state index contributed by atoms with van der Waals surface area (Å²) in [6.45, 7) is -0.147. The van der Waals surface area contributed by atoms with Crippen LogP contribution < -0.4 is 4.72 Å². The molecule has 0 aliphatic carbocycles. The molecule has 0 fully saturated rings. The van der Waals surface area contributed by atoms with Crippen molar-refractivity contribution in [2.75, 3.05) is 0 Å². The SMILES string of the molecule is O=C(O)c1ccc(CNS(=O)(=O)Cc2noc3ccccc23)o1. The first-order valence-corrected chi connectivity index (χ1v) is 8.22. The minimum atomic E-state index is -3.69. The topological polar surface area (TPSA) is 123 Å². The second-order valence-electron chi connectivity index (χ2n) is 4.78. The smallest absolute Gasteiger partial charge is 0.371 e. The van der Waals surface area contributed by atoms with Crippen molar-refractivity contribution in [2.24, 2.45) is 0 Å². The number of para-hydroxylation sites is 1. The average Bonchev–Trinajstić information content (AvgIpc) is 3.13. The predicted octanol–water partition coefficient (Wildman–Crippen LogP) is 1.74. The lowest BCUT2D eigenvalue weighted by Gasteiger charge is -2.03. The monoisotopic (exact) mass is 336 g/mol. The number of hydrogen-bond donors (Lipinski definition) is 2. The fraction of sp³-hybridized carbons (Fsp3) is 0.143. The van der Waals surface area contributed by atoms with Gasteiger partial charge in [0.05, 0.1) is 6.54 Å². The first-order valence-electron chi connectivity index (χ1n) is 6.57. The lowest BCUT2D eigenvalue weighted by atomic mass is 10.2. The number of aromatic carboxylic acids is 1. The molecule has 0 saturated heterocycles. The van der Waals surface area contributed by atoms with E-state index in [1.54, 1.807) is 24.3 Å². The number of rotatable bonds is 6. The Bertz CT molecular complexity index is 956. The molecule has 0 radical (unpaired) electrons. The molecule has 0 saturated carbocycles. The number of aromatic nitrogens is 1. The van der Waals surface area contributed by atoms with Crippen LogP contribution in [0.2, 0.25) is 0 Å². The van der Waals surface area contributed by atoms with Gasteiger partial charge in [0.2, 0.25) is 15.8 Å². The van der Waals surface area contributed by atoms with Crippen LogP contribution in [0, 0.1) is 0 Å². The van der Waals surface area contributed by atoms with Crippen LogP contribution in [0.3, 0.4) is 0 Å². The summed E-state index contributed by atoms with van der Waals surface area (Å²) in [5.74, 6) is -1.61. The van der Waals surface area contributed by atoms with E-state index in [0.29, 0.717) is 16.7 Å². The number of benzene rings is 1. The Balaban J connectivity index is 1.70. The van der Waals surface area contributed by atoms with Crippen molar-refractivity contribution in [1.82, 2.24) is 9.88 Å². The van der Waals surface area contributed by atoms with E-state index in [9.17, 15) is 13.2 Å². The average molecular weight is 336 g/mol. The van der Waals surface area contributed by atoms with E-state index >= 15 is 0 Å². The van der Waals surface area contributed by atoms with Gasteiger partial charge in [0.15, 0.2) is 5.58 Å². The van der Waals surface area contributed by atoms with Gasteiger partial charge in [-0.25, -0.2) is 17.9 Å². The molecule has 0 unspecified atom stereocenters. The number of carbonyl (C=O) groups is 1. The summed E-state index contributed by atoms with van der Waals surface area (Å²) < 4.78 is 36.6. The molecule has 3 aromatic rings. The van der Waals surface area contributed by atoms with Gasteiger partial charge < -0.3 is 14.0 Å². The normalized spacial score (nSPS) is 11.8. The summed E-state index contributed by atoms with van der Waals surface area (Å²) in [5, 5.41) is 13.1. The number of carboxylic acids is 1. The third-order valence-corrected chi connectivity index (χ3v) is 4.36. The van der Waals surface area contributed by atoms with E-state index in [1.807, 2.05) is 0 Å². The van der Waals surface area contributed by atoms with Crippen molar-refractivity contribution in [3.8, 4) is 0 Å². The second kappa shape index (κ2) is 5.86. The minimum absolute atomic E-state index is 0.147. The van der Waals surface area contributed by atoms with E-state index in [2.05, 4.69) is 9.88 Å². The second-order valence-corrected chi connectivity index (χ2v) is 6.58. The largest absolute Gasteiger partial charge is 0.475 e. The maximum Gasteiger partial charge on any atom is 0.371 e. The number of furan rings is 1. The minimum Gasteiger partial charge on any atom is -0.475 e. The van der Waals surface area contributed by atoms with Crippen molar-refractivity contribution in [2.45, 2.75) is 12.3 Å². The summed E-state index contributed by atoms with van der Waals surface area (Å²) in [6.07, 6.45) is 0. The Labute approximate surface area is 130 Å². The van der Waals surface area contributed by atoms with Crippen molar-refractivity contribution >= 4 is 27.0 Å². The molecule has 0 amide bonds. The number of nitrogens with zero attached hydrogens (tertiary/aromatic N) is 1. The zero-order valence-electron chi connectivity index (χ0n) is 11.7. The maximum atomic E-state index is 12.1. The molecular weight excluding hydrogens is 324 g/mol. The third kappa shape index (κ3) is 3.41. The van der Waals surface area contributed by atoms with Gasteiger partial charge in [-0.3, -0.25) is 0 Å². The van der Waals surface area contributed by atoms with Gasteiger partial charge in [-0.2, -0.15) is 0 Å². The Hall–Kier alpha value is -2.65. The van der Waals surface area contributed by atoms with E-state index in [1.165, 1.54) is 12.1 Å². The summed E-state index contributed by atoms with van der Waals surface area (Å²) in [7, 11) is -3.69. The summed E-state index contributed by atoms with van der Waals surface area (Å²) in [6, 6.07) is 9.61. The zero-order chi connectivity index (χ0) is 16.4. The van der Waals surface area contributed by atoms with Crippen LogP contribution in [0.4, 0.5) is 0 Å². The van der Waals surface area contributed by atoms with Crippen molar-refractivity contribution < 1.29 is 27.3 Å². The molecule has 9 heteroatoms. The molecule has 0 bridgehead atoms. The molecule has 1 aromatic carbocycles. The molecule has 2 aromatic heterocycles. The number of hydrogen-bond acceptors (Lipinski definition) is 6. The number of carboxylic acid groups (broad SMARTS) is 1. The summed E-state index contributed by atoms with van der Waals surface area (Å²) in [4.78, 5) is 10.7. The van der Waals surface area contributed by atoms with E-state index in [-0.39, 0.29) is 23.8 Å². The highest BCUT2D eigenvalue weighted by molar-refractivity contribution is 7.88. The summed E-state index contributed by atoms with van der Waals surface area (Å²) in [5.41, 5.74) is 0.814. The molecule has 3 rings (SSSR count). The quantitative estimate of drug-likeness (QED) is 0.702. The Morgan fingerprint density at radius 3 is 2.74 bits per heavy atom. The van der Waals surface area contributed by atoms with Gasteiger partial charge in [-0.1, -0.05) is 17.3 Å². The maximum absolute atomic E-state index is 12.1. The molecule has 0 aliphatic heterocycles.